The van der Waals surface area contributed by atoms with Crippen molar-refractivity contribution in [3.63, 3.8) is 0 Å². The molecule has 2 N–H and O–H groups in total. The largest absolute Gasteiger partial charge is 0.390 e. The normalized spacial score (nSPS) is 17.7. The third-order valence-electron chi connectivity index (χ3n) is 11.8. The van der Waals surface area contributed by atoms with Crippen LogP contribution in [-0.2, 0) is 0 Å². The van der Waals surface area contributed by atoms with Crippen molar-refractivity contribution >= 4 is 0 Å². The number of hydrogen-bond donors (Lipinski definition) is 2. The van der Waals surface area contributed by atoms with Crippen LogP contribution in [0.15, 0.2) is 37.0 Å². The van der Waals surface area contributed by atoms with E-state index in [1.807, 2.05) is 27.7 Å². The molecule has 2 unspecified atom stereocenters. The van der Waals surface area contributed by atoms with Gasteiger partial charge in [-0.2, -0.15) is 0 Å². The summed E-state index contributed by atoms with van der Waals surface area (Å²) in [5, 5.41) is 21.3. The first-order valence-corrected chi connectivity index (χ1v) is 15.0. The lowest BCUT2D eigenvalue weighted by Crippen LogP contribution is -2.43. The summed E-state index contributed by atoms with van der Waals surface area (Å²) in [6.45, 7) is 39.8. The first kappa shape index (κ1) is 37.1. The molecule has 38 heavy (non-hydrogen) atoms. The highest BCUT2D eigenvalue weighted by atomic mass is 16.3. The Kier molecular flexibility index (Phi) is 12.1. The molecule has 0 aliphatic heterocycles. The zero-order valence-electron chi connectivity index (χ0n) is 28.6. The van der Waals surface area contributed by atoms with Gasteiger partial charge >= 0.3 is 0 Å². The lowest BCUT2D eigenvalue weighted by atomic mass is 9.54. The van der Waals surface area contributed by atoms with E-state index in [4.69, 9.17) is 0 Å². The van der Waals surface area contributed by atoms with Crippen molar-refractivity contribution in [3.8, 4) is 0 Å². The van der Waals surface area contributed by atoms with Gasteiger partial charge in [-0.05, 0) is 85.9 Å². The maximum Gasteiger partial charge on any atom is 0.0702 e. The second-order valence-electron chi connectivity index (χ2n) is 16.7. The van der Waals surface area contributed by atoms with E-state index in [9.17, 15) is 10.2 Å². The Hall–Kier alpha value is -0.860. The van der Waals surface area contributed by atoms with Crippen LogP contribution in [0.1, 0.15) is 143 Å². The van der Waals surface area contributed by atoms with Gasteiger partial charge in [-0.1, -0.05) is 120 Å². The fraction of sp³-hybridized carbons (Fsp3) is 0.833. The molecule has 0 heterocycles. The summed E-state index contributed by atoms with van der Waals surface area (Å²) in [6, 6.07) is 0. The number of hydrogen-bond acceptors (Lipinski definition) is 2. The van der Waals surface area contributed by atoms with E-state index >= 15 is 0 Å². The average molecular weight is 533 g/mol. The summed E-state index contributed by atoms with van der Waals surface area (Å²) in [5.74, 6) is 0.366. The Morgan fingerprint density at radius 2 is 1.03 bits per heavy atom. The quantitative estimate of drug-likeness (QED) is 0.194. The van der Waals surface area contributed by atoms with Crippen molar-refractivity contribution in [1.82, 2.24) is 0 Å². The zero-order valence-corrected chi connectivity index (χ0v) is 28.6. The minimum absolute atomic E-state index is 0.0381. The topological polar surface area (TPSA) is 40.5 Å². The van der Waals surface area contributed by atoms with Crippen LogP contribution in [0.3, 0.4) is 0 Å². The molecule has 0 rings (SSSR count). The Morgan fingerprint density at radius 1 is 0.605 bits per heavy atom. The van der Waals surface area contributed by atoms with Gasteiger partial charge in [-0.25, -0.2) is 0 Å². The van der Waals surface area contributed by atoms with E-state index in [0.717, 1.165) is 32.1 Å². The van der Waals surface area contributed by atoms with Crippen LogP contribution < -0.4 is 0 Å². The fourth-order valence-corrected chi connectivity index (χ4v) is 4.79. The van der Waals surface area contributed by atoms with Crippen LogP contribution >= 0.6 is 0 Å². The SMILES string of the molecule is C=CC(CC(C)(C)C(C)(C)CC=CCC(C)(C)C(C)(C)O)C(C)(C)C(C)(C)CC=CC(C)(C)C(C)(O)CC. The molecule has 0 aromatic carbocycles. The molecular formula is C36H68O2. The Morgan fingerprint density at radius 3 is 1.42 bits per heavy atom. The summed E-state index contributed by atoms with van der Waals surface area (Å²) in [5.41, 5.74) is -1.56. The molecule has 0 aliphatic carbocycles. The van der Waals surface area contributed by atoms with E-state index in [1.165, 1.54) is 0 Å². The molecule has 0 bridgehead atoms. The standard InChI is InChI=1S/C36H68O2/c1-18-28(34(13,14)30(5,6)25-22-26-32(9,10)36(17,38)19-2)27-33(11,12)29(3,4)23-20-21-24-31(7,8)35(15,16)37/h18,20-22,26,28,37-38H,1,19,23-25,27H2,2-17H3. The summed E-state index contributed by atoms with van der Waals surface area (Å²) in [4.78, 5) is 0. The predicted octanol–water partition coefficient (Wildman–Crippen LogP) is 10.6. The lowest BCUT2D eigenvalue weighted by Gasteiger charge is -2.51. The zero-order chi connectivity index (χ0) is 30.6. The van der Waals surface area contributed by atoms with Crippen molar-refractivity contribution in [2.75, 3.05) is 0 Å². The minimum atomic E-state index is -0.721. The summed E-state index contributed by atoms with van der Waals surface area (Å²) < 4.78 is 0. The smallest absolute Gasteiger partial charge is 0.0702 e. The molecule has 2 nitrogen and oxygen atoms in total. The molecule has 0 saturated heterocycles. The lowest BCUT2D eigenvalue weighted by molar-refractivity contribution is -0.0330. The van der Waals surface area contributed by atoms with Gasteiger partial charge in [-0.3, -0.25) is 0 Å². The highest BCUT2D eigenvalue weighted by Gasteiger charge is 2.46. The number of rotatable bonds is 16. The Labute approximate surface area is 239 Å². The van der Waals surface area contributed by atoms with Crippen molar-refractivity contribution in [1.29, 1.82) is 0 Å². The maximum atomic E-state index is 10.8. The summed E-state index contributed by atoms with van der Waals surface area (Å²) in [7, 11) is 0. The molecule has 0 spiro atoms. The van der Waals surface area contributed by atoms with Crippen LogP contribution in [-0.4, -0.2) is 21.4 Å². The van der Waals surface area contributed by atoms with Gasteiger partial charge < -0.3 is 10.2 Å². The second-order valence-corrected chi connectivity index (χ2v) is 16.7. The molecule has 0 aliphatic rings. The predicted molar refractivity (Wildman–Crippen MR) is 170 cm³/mol. The van der Waals surface area contributed by atoms with E-state index in [0.29, 0.717) is 5.92 Å². The van der Waals surface area contributed by atoms with Crippen LogP contribution in [0.4, 0.5) is 0 Å². The van der Waals surface area contributed by atoms with Crippen molar-refractivity contribution in [2.45, 2.75) is 154 Å². The van der Waals surface area contributed by atoms with Gasteiger partial charge in [0.25, 0.3) is 0 Å². The van der Waals surface area contributed by atoms with Crippen LogP contribution in [0.2, 0.25) is 0 Å². The number of allylic oxidation sites excluding steroid dienone is 4. The van der Waals surface area contributed by atoms with E-state index in [2.05, 4.69) is 120 Å². The molecule has 224 valence electrons. The fourth-order valence-electron chi connectivity index (χ4n) is 4.79. The Bertz CT molecular complexity index is 807. The molecule has 0 radical (unpaired) electrons. The molecule has 2 heteroatoms. The molecule has 0 aromatic heterocycles. The van der Waals surface area contributed by atoms with Crippen molar-refractivity contribution < 1.29 is 10.2 Å². The second kappa shape index (κ2) is 12.3. The van der Waals surface area contributed by atoms with E-state index in [1.54, 1.807) is 0 Å². The summed E-state index contributed by atoms with van der Waals surface area (Å²) >= 11 is 0. The van der Waals surface area contributed by atoms with Gasteiger partial charge in [0.15, 0.2) is 0 Å². The highest BCUT2D eigenvalue weighted by molar-refractivity contribution is 5.09. The molecule has 2 atom stereocenters. The Balaban J connectivity index is 5.67. The molecule has 0 saturated carbocycles. The van der Waals surface area contributed by atoms with Crippen molar-refractivity contribution in [3.05, 3.63) is 37.0 Å². The van der Waals surface area contributed by atoms with Gasteiger partial charge in [0.2, 0.25) is 0 Å². The monoisotopic (exact) mass is 533 g/mol. The molecule has 0 amide bonds. The first-order valence-electron chi connectivity index (χ1n) is 15.0. The third kappa shape index (κ3) is 8.82. The minimum Gasteiger partial charge on any atom is -0.390 e. The molecular weight excluding hydrogens is 464 g/mol. The van der Waals surface area contributed by atoms with E-state index in [-0.39, 0.29) is 32.5 Å². The molecule has 0 aromatic rings. The van der Waals surface area contributed by atoms with Crippen LogP contribution in [0, 0.1) is 38.4 Å². The third-order valence-corrected chi connectivity index (χ3v) is 11.8. The maximum absolute atomic E-state index is 10.8. The van der Waals surface area contributed by atoms with Crippen LogP contribution in [0.5, 0.6) is 0 Å². The average Bonchev–Trinajstić information content (AvgIpc) is 2.73. The first-order chi connectivity index (χ1) is 16.6. The molecule has 0 fully saturated rings. The van der Waals surface area contributed by atoms with Crippen molar-refractivity contribution in [2.24, 2.45) is 38.4 Å². The summed E-state index contributed by atoms with van der Waals surface area (Å²) in [6.07, 6.45) is 15.9. The highest BCUT2D eigenvalue weighted by Crippen LogP contribution is 2.54. The number of aliphatic hydroxyl groups is 2. The van der Waals surface area contributed by atoms with Gasteiger partial charge in [0.1, 0.15) is 0 Å². The van der Waals surface area contributed by atoms with E-state index < -0.39 is 11.2 Å². The van der Waals surface area contributed by atoms with Gasteiger partial charge in [-0.15, -0.1) is 6.58 Å². The van der Waals surface area contributed by atoms with Gasteiger partial charge in [0.05, 0.1) is 11.2 Å². The van der Waals surface area contributed by atoms with Gasteiger partial charge in [0, 0.05) is 5.41 Å². The van der Waals surface area contributed by atoms with Crippen LogP contribution in [0.25, 0.3) is 0 Å².